The van der Waals surface area contributed by atoms with Crippen molar-refractivity contribution in [1.29, 1.82) is 0 Å². The highest BCUT2D eigenvalue weighted by Crippen LogP contribution is 2.29. The van der Waals surface area contributed by atoms with E-state index in [4.69, 9.17) is 14.2 Å². The highest BCUT2D eigenvalue weighted by Gasteiger charge is 2.34. The fourth-order valence-corrected chi connectivity index (χ4v) is 8.15. The van der Waals surface area contributed by atoms with E-state index in [0.717, 1.165) is 49.5 Å². The summed E-state index contributed by atoms with van der Waals surface area (Å²) in [7, 11) is -3.44. The summed E-state index contributed by atoms with van der Waals surface area (Å²) in [4.78, 5) is 29.4. The van der Waals surface area contributed by atoms with Gasteiger partial charge in [0.2, 0.25) is 5.91 Å². The second-order valence-corrected chi connectivity index (χ2v) is 16.5. The number of nitrogens with zero attached hydrogens (tertiary/aromatic N) is 1. The van der Waals surface area contributed by atoms with Crippen molar-refractivity contribution in [3.05, 3.63) is 101 Å². The highest BCUT2D eigenvalue weighted by atomic mass is 32.2. The Bertz CT molecular complexity index is 1690. The maximum atomic E-state index is 14.2. The largest absolute Gasteiger partial charge is 0.492 e. The lowest BCUT2D eigenvalue weighted by Crippen LogP contribution is -2.48. The number of aliphatic hydroxyl groups is 1. The lowest BCUT2D eigenvalue weighted by atomic mass is 9.88. The van der Waals surface area contributed by atoms with Crippen molar-refractivity contribution in [2.45, 2.75) is 69.6 Å². The first kappa shape index (κ1) is 38.3. The van der Waals surface area contributed by atoms with Gasteiger partial charge in [-0.05, 0) is 74.4 Å². The van der Waals surface area contributed by atoms with Crippen LogP contribution in [0.25, 0.3) is 0 Å². The van der Waals surface area contributed by atoms with Gasteiger partial charge in [-0.1, -0.05) is 66.7 Å². The molecule has 276 valence electrons. The van der Waals surface area contributed by atoms with Crippen LogP contribution in [0.3, 0.4) is 0 Å². The number of hydrogen-bond acceptors (Lipinski definition) is 9. The summed E-state index contributed by atoms with van der Waals surface area (Å²) in [5.41, 5.74) is 2.43. The molecule has 5 rings (SSSR count). The van der Waals surface area contributed by atoms with E-state index in [0.29, 0.717) is 24.3 Å². The maximum absolute atomic E-state index is 14.2. The molecule has 3 N–H and O–H groups in total. The molecule has 0 aliphatic carbocycles. The van der Waals surface area contributed by atoms with Crippen LogP contribution in [-0.4, -0.2) is 93.4 Å². The van der Waals surface area contributed by atoms with Gasteiger partial charge < -0.3 is 30.0 Å². The van der Waals surface area contributed by atoms with Gasteiger partial charge >= 0.3 is 6.09 Å². The molecular weight excluding hydrogens is 671 g/mol. The Hall–Kier alpha value is -3.97. The molecule has 0 spiro atoms. The number of aliphatic hydroxyl groups excluding tert-OH is 1. The van der Waals surface area contributed by atoms with Crippen LogP contribution in [0.15, 0.2) is 78.9 Å². The number of rotatable bonds is 14. The molecule has 2 aliphatic heterocycles. The number of fused-ring (bicyclic) bond motifs is 1. The third-order valence-corrected chi connectivity index (χ3v) is 10.7. The van der Waals surface area contributed by atoms with Crippen molar-refractivity contribution in [1.82, 2.24) is 15.5 Å². The minimum absolute atomic E-state index is 0.00194. The van der Waals surface area contributed by atoms with Gasteiger partial charge in [0.05, 0.1) is 42.9 Å². The number of sulfone groups is 1. The van der Waals surface area contributed by atoms with Gasteiger partial charge in [0.1, 0.15) is 18.0 Å². The second-order valence-electron chi connectivity index (χ2n) is 14.4. The summed E-state index contributed by atoms with van der Waals surface area (Å²) >= 11 is 0. The summed E-state index contributed by atoms with van der Waals surface area (Å²) in [6.07, 6.45) is -1.24. The number of carbonyl (C=O) groups excluding carboxylic acids is 2. The number of nitrogens with one attached hydrogen (secondary N) is 2. The van der Waals surface area contributed by atoms with Crippen LogP contribution < -0.4 is 15.4 Å². The van der Waals surface area contributed by atoms with E-state index in [2.05, 4.69) is 15.5 Å². The van der Waals surface area contributed by atoms with Gasteiger partial charge in [-0.25, -0.2) is 13.2 Å². The van der Waals surface area contributed by atoms with E-state index in [9.17, 15) is 23.1 Å². The monoisotopic (exact) mass is 721 g/mol. The Kier molecular flexibility index (Phi) is 13.1. The number of ether oxygens (including phenoxy) is 3. The molecule has 11 nitrogen and oxygen atoms in total. The maximum Gasteiger partial charge on any atom is 0.407 e. The van der Waals surface area contributed by atoms with E-state index in [1.807, 2.05) is 66.7 Å². The molecule has 4 atom stereocenters. The number of morpholine rings is 1. The number of carbonyl (C=O) groups is 2. The van der Waals surface area contributed by atoms with E-state index >= 15 is 0 Å². The minimum Gasteiger partial charge on any atom is -0.492 e. The van der Waals surface area contributed by atoms with Crippen molar-refractivity contribution in [3.63, 3.8) is 0 Å². The van der Waals surface area contributed by atoms with Gasteiger partial charge in [-0.2, -0.15) is 0 Å². The fraction of sp³-hybridized carbons (Fsp3) is 0.487. The van der Waals surface area contributed by atoms with Gasteiger partial charge in [0.15, 0.2) is 9.84 Å². The molecule has 12 heteroatoms. The number of hydrogen-bond donors (Lipinski definition) is 3. The standard InChI is InChI=1S/C39H51N3O8S/c1-39(2,3)50-38(45)41-34(24-28-9-5-4-6-10-28)36(43)25-31(37(44)40-35-27-51(46,47)26-30-11-7-8-12-33(30)35)23-29-13-15-32(16-14-29)49-22-19-42-17-20-48-21-18-42/h4-16,31,34-36,43H,17-27H2,1-3H3,(H,40,44)(H,41,45)/t31-,34+,35-,36+/m1/s1. The lowest BCUT2D eigenvalue weighted by Gasteiger charge is -2.31. The number of amides is 2. The Morgan fingerprint density at radius 2 is 1.61 bits per heavy atom. The van der Waals surface area contributed by atoms with Crippen LogP contribution in [0.1, 0.15) is 55.5 Å². The first-order valence-electron chi connectivity index (χ1n) is 17.7. The molecule has 3 aromatic rings. The summed E-state index contributed by atoms with van der Waals surface area (Å²) in [5.74, 6) is -0.716. The Morgan fingerprint density at radius 3 is 2.31 bits per heavy atom. The van der Waals surface area contributed by atoms with Crippen LogP contribution in [0, 0.1) is 5.92 Å². The van der Waals surface area contributed by atoms with Crippen molar-refractivity contribution in [2.24, 2.45) is 5.92 Å². The smallest absolute Gasteiger partial charge is 0.407 e. The molecule has 0 bridgehead atoms. The quantitative estimate of drug-likeness (QED) is 0.223. The summed E-state index contributed by atoms with van der Waals surface area (Å²) in [5, 5.41) is 17.6. The summed E-state index contributed by atoms with van der Waals surface area (Å²) in [6, 6.07) is 22.8. The van der Waals surface area contributed by atoms with E-state index < -0.39 is 45.6 Å². The van der Waals surface area contributed by atoms with Crippen molar-refractivity contribution < 1.29 is 37.3 Å². The first-order valence-corrected chi connectivity index (χ1v) is 19.5. The number of benzene rings is 3. The molecular formula is C39H51N3O8S. The van der Waals surface area contributed by atoms with Crippen LogP contribution in [0.5, 0.6) is 5.75 Å². The van der Waals surface area contributed by atoms with Crippen molar-refractivity contribution in [3.8, 4) is 5.75 Å². The molecule has 2 amide bonds. The molecule has 2 aliphatic rings. The van der Waals surface area contributed by atoms with E-state index in [1.165, 1.54) is 0 Å². The van der Waals surface area contributed by atoms with Gasteiger partial charge in [-0.3, -0.25) is 9.69 Å². The van der Waals surface area contributed by atoms with Crippen molar-refractivity contribution >= 4 is 21.8 Å². The molecule has 1 fully saturated rings. The Morgan fingerprint density at radius 1 is 0.941 bits per heavy atom. The summed E-state index contributed by atoms with van der Waals surface area (Å²) in [6.45, 7) is 9.85. The predicted octanol–water partition coefficient (Wildman–Crippen LogP) is 4.23. The summed E-state index contributed by atoms with van der Waals surface area (Å²) < 4.78 is 42.6. The number of alkyl carbamates (subject to hydrolysis) is 1. The Labute approximate surface area is 301 Å². The molecule has 0 radical (unpaired) electrons. The topological polar surface area (TPSA) is 144 Å². The average Bonchev–Trinajstić information content (AvgIpc) is 3.08. The highest BCUT2D eigenvalue weighted by molar-refractivity contribution is 7.90. The molecule has 0 aromatic heterocycles. The van der Waals surface area contributed by atoms with E-state index in [1.54, 1.807) is 32.9 Å². The Balaban J connectivity index is 1.34. The molecule has 0 unspecified atom stereocenters. The predicted molar refractivity (Wildman–Crippen MR) is 195 cm³/mol. The van der Waals surface area contributed by atoms with Crippen LogP contribution in [0.4, 0.5) is 4.79 Å². The average molecular weight is 722 g/mol. The van der Waals surface area contributed by atoms with Crippen LogP contribution in [0.2, 0.25) is 0 Å². The zero-order chi connectivity index (χ0) is 36.4. The van der Waals surface area contributed by atoms with Crippen LogP contribution in [-0.2, 0) is 42.7 Å². The normalized spacial score (nSPS) is 19.2. The molecule has 1 saturated heterocycles. The van der Waals surface area contributed by atoms with Gasteiger partial charge in [0, 0.05) is 25.6 Å². The third kappa shape index (κ3) is 12.1. The third-order valence-electron chi connectivity index (χ3n) is 9.09. The van der Waals surface area contributed by atoms with Gasteiger partial charge in [0.25, 0.3) is 0 Å². The molecule has 2 heterocycles. The molecule has 51 heavy (non-hydrogen) atoms. The van der Waals surface area contributed by atoms with Crippen LogP contribution >= 0.6 is 0 Å². The molecule has 3 aromatic carbocycles. The first-order chi connectivity index (χ1) is 24.3. The fourth-order valence-electron chi connectivity index (χ4n) is 6.53. The van der Waals surface area contributed by atoms with E-state index in [-0.39, 0.29) is 30.3 Å². The second kappa shape index (κ2) is 17.5. The molecule has 0 saturated carbocycles. The zero-order valence-electron chi connectivity index (χ0n) is 29.8. The minimum atomic E-state index is -3.44. The van der Waals surface area contributed by atoms with Gasteiger partial charge in [-0.15, -0.1) is 0 Å². The lowest BCUT2D eigenvalue weighted by molar-refractivity contribution is -0.126. The zero-order valence-corrected chi connectivity index (χ0v) is 30.6. The SMILES string of the molecule is CC(C)(C)OC(=O)N[C@@H](Cc1ccccc1)[C@@H](O)C[C@@H](Cc1ccc(OCCN2CCOCC2)cc1)C(=O)N[C@@H]1CS(=O)(=O)Cc2ccccc21. The van der Waals surface area contributed by atoms with Crippen molar-refractivity contribution in [2.75, 3.05) is 45.2 Å².